The molecule has 2 heterocycles. The minimum Gasteiger partial charge on any atom is -0.335 e. The SMILES string of the molecule is CCCn1nc(C(=O)N2CCN(S(=O)(=O)N(C)C3CCCCC3)CC2)ccc1=O. The molecule has 29 heavy (non-hydrogen) atoms. The maximum atomic E-state index is 13.0. The van der Waals surface area contributed by atoms with E-state index in [2.05, 4.69) is 5.10 Å². The summed E-state index contributed by atoms with van der Waals surface area (Å²) >= 11 is 0. The molecule has 0 N–H and O–H groups in total. The van der Waals surface area contributed by atoms with E-state index in [-0.39, 0.29) is 36.3 Å². The molecule has 1 saturated heterocycles. The van der Waals surface area contributed by atoms with Crippen LogP contribution < -0.4 is 5.56 Å². The lowest BCUT2D eigenvalue weighted by molar-refractivity contribution is 0.0684. The van der Waals surface area contributed by atoms with E-state index in [1.807, 2.05) is 6.92 Å². The molecule has 2 aliphatic rings. The fourth-order valence-electron chi connectivity index (χ4n) is 4.03. The molecule has 1 aromatic rings. The van der Waals surface area contributed by atoms with Gasteiger partial charge in [-0.15, -0.1) is 0 Å². The van der Waals surface area contributed by atoms with Gasteiger partial charge >= 0.3 is 0 Å². The molecule has 9 nitrogen and oxygen atoms in total. The highest BCUT2D eigenvalue weighted by Crippen LogP contribution is 2.25. The molecule has 0 aromatic carbocycles. The molecular weight excluding hydrogens is 394 g/mol. The number of aryl methyl sites for hydroxylation is 1. The van der Waals surface area contributed by atoms with Crippen LogP contribution >= 0.6 is 0 Å². The summed E-state index contributed by atoms with van der Waals surface area (Å²) in [6, 6.07) is 2.87. The Labute approximate surface area is 172 Å². The van der Waals surface area contributed by atoms with Crippen molar-refractivity contribution in [3.05, 3.63) is 28.2 Å². The summed E-state index contributed by atoms with van der Waals surface area (Å²) in [6.45, 7) is 3.54. The molecule has 1 saturated carbocycles. The van der Waals surface area contributed by atoms with E-state index in [0.717, 1.165) is 32.1 Å². The van der Waals surface area contributed by atoms with Gasteiger partial charge in [0.2, 0.25) is 0 Å². The second-order valence-electron chi connectivity index (χ2n) is 7.79. The van der Waals surface area contributed by atoms with Crippen molar-refractivity contribution in [2.75, 3.05) is 33.2 Å². The topological polar surface area (TPSA) is 95.8 Å². The number of aromatic nitrogens is 2. The number of piperazine rings is 1. The Bertz CT molecular complexity index is 871. The zero-order chi connectivity index (χ0) is 21.0. The lowest BCUT2D eigenvalue weighted by atomic mass is 9.96. The Kier molecular flexibility index (Phi) is 7.07. The maximum absolute atomic E-state index is 13.0. The summed E-state index contributed by atoms with van der Waals surface area (Å²) in [5.41, 5.74) is -0.0151. The average Bonchev–Trinajstić information content (AvgIpc) is 2.75. The van der Waals surface area contributed by atoms with Crippen molar-refractivity contribution in [2.45, 2.75) is 58.0 Å². The van der Waals surface area contributed by atoms with Crippen LogP contribution in [0.1, 0.15) is 55.9 Å². The van der Waals surface area contributed by atoms with E-state index in [9.17, 15) is 18.0 Å². The van der Waals surface area contributed by atoms with Crippen molar-refractivity contribution in [3.63, 3.8) is 0 Å². The van der Waals surface area contributed by atoms with Gasteiger partial charge in [0.05, 0.1) is 0 Å². The van der Waals surface area contributed by atoms with Crippen LogP contribution in [0.2, 0.25) is 0 Å². The zero-order valence-electron chi connectivity index (χ0n) is 17.3. The van der Waals surface area contributed by atoms with E-state index in [1.165, 1.54) is 31.8 Å². The van der Waals surface area contributed by atoms with Crippen molar-refractivity contribution in [1.82, 2.24) is 23.3 Å². The fraction of sp³-hybridized carbons (Fsp3) is 0.737. The van der Waals surface area contributed by atoms with Crippen LogP contribution in [0.4, 0.5) is 0 Å². The van der Waals surface area contributed by atoms with Crippen LogP contribution in [0.15, 0.2) is 16.9 Å². The predicted molar refractivity (Wildman–Crippen MR) is 110 cm³/mol. The van der Waals surface area contributed by atoms with Gasteiger partial charge in [0, 0.05) is 51.9 Å². The average molecular weight is 426 g/mol. The number of nitrogens with zero attached hydrogens (tertiary/aromatic N) is 5. The number of rotatable bonds is 6. The quantitative estimate of drug-likeness (QED) is 0.675. The van der Waals surface area contributed by atoms with Crippen LogP contribution in [0.25, 0.3) is 0 Å². The monoisotopic (exact) mass is 425 g/mol. The Morgan fingerprint density at radius 2 is 1.79 bits per heavy atom. The lowest BCUT2D eigenvalue weighted by Gasteiger charge is -2.38. The molecule has 1 aliphatic carbocycles. The van der Waals surface area contributed by atoms with Gasteiger partial charge in [-0.1, -0.05) is 26.2 Å². The highest BCUT2D eigenvalue weighted by atomic mass is 32.2. The second-order valence-corrected chi connectivity index (χ2v) is 9.78. The summed E-state index contributed by atoms with van der Waals surface area (Å²) in [5, 5.41) is 4.17. The number of carbonyl (C=O) groups excluding carboxylic acids is 1. The fourth-order valence-corrected chi connectivity index (χ4v) is 5.61. The molecule has 0 spiro atoms. The normalized spacial score (nSPS) is 19.6. The summed E-state index contributed by atoms with van der Waals surface area (Å²) in [5.74, 6) is -0.271. The molecule has 2 fully saturated rings. The first-order valence-corrected chi connectivity index (χ1v) is 11.8. The van der Waals surface area contributed by atoms with Crippen molar-refractivity contribution in [2.24, 2.45) is 0 Å². The van der Waals surface area contributed by atoms with Gasteiger partial charge < -0.3 is 4.90 Å². The number of carbonyl (C=O) groups is 1. The smallest absolute Gasteiger partial charge is 0.282 e. The standard InChI is InChI=1S/C19H31N5O4S/c1-3-11-24-18(25)10-9-17(20-24)19(26)22-12-14-23(15-13-22)29(27,28)21(2)16-7-5-4-6-8-16/h9-10,16H,3-8,11-15H2,1-2H3. The first-order chi connectivity index (χ1) is 13.8. The minimum absolute atomic E-state index is 0.0669. The zero-order valence-corrected chi connectivity index (χ0v) is 18.1. The molecule has 1 aliphatic heterocycles. The van der Waals surface area contributed by atoms with E-state index < -0.39 is 10.2 Å². The third kappa shape index (κ3) is 4.87. The van der Waals surface area contributed by atoms with E-state index in [0.29, 0.717) is 19.6 Å². The predicted octanol–water partition coefficient (Wildman–Crippen LogP) is 0.920. The van der Waals surface area contributed by atoms with Crippen molar-refractivity contribution in [3.8, 4) is 0 Å². The van der Waals surface area contributed by atoms with Crippen LogP contribution in [0.3, 0.4) is 0 Å². The molecule has 1 amide bonds. The first kappa shape index (κ1) is 21.9. The van der Waals surface area contributed by atoms with E-state index >= 15 is 0 Å². The lowest BCUT2D eigenvalue weighted by Crippen LogP contribution is -2.55. The van der Waals surface area contributed by atoms with Gasteiger partial charge in [-0.2, -0.15) is 22.1 Å². The van der Waals surface area contributed by atoms with Crippen molar-refractivity contribution >= 4 is 16.1 Å². The molecule has 10 heteroatoms. The molecule has 162 valence electrons. The molecule has 1 aromatic heterocycles. The molecular formula is C19H31N5O4S. The van der Waals surface area contributed by atoms with Crippen LogP contribution in [-0.2, 0) is 16.8 Å². The number of hydrogen-bond acceptors (Lipinski definition) is 5. The molecule has 0 bridgehead atoms. The number of hydrogen-bond donors (Lipinski definition) is 0. The summed E-state index contributed by atoms with van der Waals surface area (Å²) < 4.78 is 30.3. The van der Waals surface area contributed by atoms with Gasteiger partial charge in [0.15, 0.2) is 0 Å². The number of amides is 1. The Balaban J connectivity index is 1.63. The summed E-state index contributed by atoms with van der Waals surface area (Å²) in [7, 11) is -1.86. The van der Waals surface area contributed by atoms with Gasteiger partial charge in [-0.05, 0) is 25.3 Å². The van der Waals surface area contributed by atoms with Crippen LogP contribution in [-0.4, -0.2) is 76.9 Å². The summed E-state index contributed by atoms with van der Waals surface area (Å²) in [6.07, 6.45) is 5.88. The minimum atomic E-state index is -3.53. The first-order valence-electron chi connectivity index (χ1n) is 10.4. The summed E-state index contributed by atoms with van der Waals surface area (Å²) in [4.78, 5) is 26.2. The van der Waals surface area contributed by atoms with Crippen molar-refractivity contribution in [1.29, 1.82) is 0 Å². The highest BCUT2D eigenvalue weighted by molar-refractivity contribution is 7.86. The second kappa shape index (κ2) is 9.36. The van der Waals surface area contributed by atoms with Crippen LogP contribution in [0.5, 0.6) is 0 Å². The van der Waals surface area contributed by atoms with Gasteiger partial charge in [0.25, 0.3) is 21.7 Å². The van der Waals surface area contributed by atoms with Gasteiger partial charge in [-0.25, -0.2) is 4.68 Å². The van der Waals surface area contributed by atoms with Crippen molar-refractivity contribution < 1.29 is 13.2 Å². The molecule has 3 rings (SSSR count). The van der Waals surface area contributed by atoms with E-state index in [1.54, 1.807) is 11.9 Å². The van der Waals surface area contributed by atoms with Crippen LogP contribution in [0, 0.1) is 0 Å². The Morgan fingerprint density at radius 3 is 2.41 bits per heavy atom. The third-order valence-corrected chi connectivity index (χ3v) is 7.87. The van der Waals surface area contributed by atoms with Gasteiger partial charge in [0.1, 0.15) is 5.69 Å². The highest BCUT2D eigenvalue weighted by Gasteiger charge is 2.35. The maximum Gasteiger partial charge on any atom is 0.282 e. The Hall–Kier alpha value is -1.78. The van der Waals surface area contributed by atoms with E-state index in [4.69, 9.17) is 0 Å². The molecule has 0 atom stereocenters. The Morgan fingerprint density at radius 1 is 1.14 bits per heavy atom. The molecule has 0 unspecified atom stereocenters. The molecule has 0 radical (unpaired) electrons. The van der Waals surface area contributed by atoms with Gasteiger partial charge in [-0.3, -0.25) is 9.59 Å². The largest absolute Gasteiger partial charge is 0.335 e. The third-order valence-electron chi connectivity index (χ3n) is 5.83.